The number of hydrogen-bond donors (Lipinski definition) is 2. The van der Waals surface area contributed by atoms with Gasteiger partial charge in [-0.2, -0.15) is 0 Å². The largest absolute Gasteiger partial charge is 0.457 e. The predicted molar refractivity (Wildman–Crippen MR) is 106 cm³/mol. The average Bonchev–Trinajstić information content (AvgIpc) is 2.67. The maximum absolute atomic E-state index is 12.1. The molecule has 0 fully saturated rings. The van der Waals surface area contributed by atoms with Crippen LogP contribution < -0.4 is 15.4 Å². The topological polar surface area (TPSA) is 67.4 Å². The molecule has 0 saturated heterocycles. The van der Waals surface area contributed by atoms with E-state index in [4.69, 9.17) is 4.74 Å². The van der Waals surface area contributed by atoms with Gasteiger partial charge in [-0.05, 0) is 73.5 Å². The number of anilines is 2. The molecule has 0 unspecified atom stereocenters. The Balaban J connectivity index is 1.58. The Bertz CT molecular complexity index is 951. The number of aryl methyl sites for hydroxylation is 2. The first-order chi connectivity index (χ1) is 13.0. The lowest BCUT2D eigenvalue weighted by molar-refractivity contribution is -0.132. The van der Waals surface area contributed by atoms with Crippen molar-refractivity contribution in [3.63, 3.8) is 0 Å². The van der Waals surface area contributed by atoms with Gasteiger partial charge < -0.3 is 15.4 Å². The second kappa shape index (κ2) is 8.19. The Labute approximate surface area is 158 Å². The molecule has 2 N–H and O–H groups in total. The second-order valence-electron chi connectivity index (χ2n) is 6.15. The van der Waals surface area contributed by atoms with Gasteiger partial charge in [-0.3, -0.25) is 9.59 Å². The Hall–Kier alpha value is -3.60. The molecule has 5 heteroatoms. The van der Waals surface area contributed by atoms with E-state index in [2.05, 4.69) is 10.6 Å². The van der Waals surface area contributed by atoms with Gasteiger partial charge in [0.15, 0.2) is 0 Å². The Kier molecular flexibility index (Phi) is 5.52. The van der Waals surface area contributed by atoms with Crippen molar-refractivity contribution >= 4 is 23.2 Å². The van der Waals surface area contributed by atoms with E-state index in [1.807, 2.05) is 56.3 Å². The Morgan fingerprint density at radius 1 is 0.667 bits per heavy atom. The zero-order chi connectivity index (χ0) is 19.2. The first-order valence-corrected chi connectivity index (χ1v) is 8.54. The van der Waals surface area contributed by atoms with Crippen LogP contribution in [0.5, 0.6) is 11.5 Å². The van der Waals surface area contributed by atoms with Crippen LogP contribution in [0.1, 0.15) is 11.1 Å². The van der Waals surface area contributed by atoms with Gasteiger partial charge in [-0.15, -0.1) is 0 Å². The number of nitrogens with one attached hydrogen (secondary N) is 2. The van der Waals surface area contributed by atoms with Crippen molar-refractivity contribution in [1.82, 2.24) is 0 Å². The van der Waals surface area contributed by atoms with Crippen LogP contribution in [0.2, 0.25) is 0 Å². The van der Waals surface area contributed by atoms with Crippen molar-refractivity contribution in [3.05, 3.63) is 83.9 Å². The predicted octanol–water partition coefficient (Wildman–Crippen LogP) is 4.67. The van der Waals surface area contributed by atoms with E-state index in [0.717, 1.165) is 16.9 Å². The quantitative estimate of drug-likeness (QED) is 0.664. The molecule has 0 saturated carbocycles. The zero-order valence-corrected chi connectivity index (χ0v) is 15.2. The second-order valence-corrected chi connectivity index (χ2v) is 6.15. The van der Waals surface area contributed by atoms with E-state index >= 15 is 0 Å². The van der Waals surface area contributed by atoms with Crippen molar-refractivity contribution in [1.29, 1.82) is 0 Å². The highest BCUT2D eigenvalue weighted by molar-refractivity contribution is 6.43. The van der Waals surface area contributed by atoms with E-state index in [-0.39, 0.29) is 0 Å². The van der Waals surface area contributed by atoms with Crippen LogP contribution in [-0.2, 0) is 9.59 Å². The highest BCUT2D eigenvalue weighted by Crippen LogP contribution is 2.22. The van der Waals surface area contributed by atoms with Crippen molar-refractivity contribution < 1.29 is 14.3 Å². The Morgan fingerprint density at radius 3 is 1.85 bits per heavy atom. The van der Waals surface area contributed by atoms with Gasteiger partial charge in [0, 0.05) is 11.4 Å². The third-order valence-electron chi connectivity index (χ3n) is 4.06. The van der Waals surface area contributed by atoms with E-state index in [9.17, 15) is 9.59 Å². The fourth-order valence-corrected chi connectivity index (χ4v) is 2.43. The molecule has 0 radical (unpaired) electrons. The van der Waals surface area contributed by atoms with Gasteiger partial charge in [-0.1, -0.05) is 24.3 Å². The number of para-hydroxylation sites is 1. The summed E-state index contributed by atoms with van der Waals surface area (Å²) in [5.74, 6) is -0.0892. The molecule has 0 aliphatic rings. The van der Waals surface area contributed by atoms with Crippen molar-refractivity contribution in [2.24, 2.45) is 0 Å². The maximum Gasteiger partial charge on any atom is 0.314 e. The molecular formula is C22H20N2O3. The minimum Gasteiger partial charge on any atom is -0.457 e. The highest BCUT2D eigenvalue weighted by atomic mass is 16.5. The summed E-state index contributed by atoms with van der Waals surface area (Å²) in [7, 11) is 0. The summed E-state index contributed by atoms with van der Waals surface area (Å²) in [6, 6.07) is 21.7. The van der Waals surface area contributed by atoms with Gasteiger partial charge in [0.05, 0.1) is 0 Å². The molecular weight excluding hydrogens is 340 g/mol. The molecule has 0 aliphatic carbocycles. The lowest BCUT2D eigenvalue weighted by Gasteiger charge is -2.09. The maximum atomic E-state index is 12.1. The minimum absolute atomic E-state index is 0.510. The van der Waals surface area contributed by atoms with E-state index in [1.165, 1.54) is 0 Å². The standard InChI is InChI=1S/C22H20N2O3/c1-15-8-9-18(14-16(15)2)24-22(26)21(25)23-17-10-12-20(13-11-17)27-19-6-4-3-5-7-19/h3-14H,1-2H3,(H,23,25)(H,24,26). The number of benzene rings is 3. The number of amides is 2. The molecule has 3 aromatic carbocycles. The highest BCUT2D eigenvalue weighted by Gasteiger charge is 2.14. The molecule has 0 bridgehead atoms. The number of ether oxygens (including phenoxy) is 1. The molecule has 27 heavy (non-hydrogen) atoms. The van der Waals surface area contributed by atoms with Crippen LogP contribution in [0.3, 0.4) is 0 Å². The fraction of sp³-hybridized carbons (Fsp3) is 0.0909. The smallest absolute Gasteiger partial charge is 0.314 e. The first kappa shape index (κ1) is 18.2. The van der Waals surface area contributed by atoms with Crippen LogP contribution in [0, 0.1) is 13.8 Å². The number of rotatable bonds is 4. The SMILES string of the molecule is Cc1ccc(NC(=O)C(=O)Nc2ccc(Oc3ccccc3)cc2)cc1C. The van der Waals surface area contributed by atoms with E-state index in [1.54, 1.807) is 30.3 Å². The van der Waals surface area contributed by atoms with Gasteiger partial charge in [0.2, 0.25) is 0 Å². The molecule has 2 amide bonds. The van der Waals surface area contributed by atoms with Crippen molar-refractivity contribution in [2.45, 2.75) is 13.8 Å². The van der Waals surface area contributed by atoms with Gasteiger partial charge in [-0.25, -0.2) is 0 Å². The van der Waals surface area contributed by atoms with Crippen molar-refractivity contribution in [2.75, 3.05) is 10.6 Å². The molecule has 3 rings (SSSR count). The zero-order valence-electron chi connectivity index (χ0n) is 15.2. The summed E-state index contributed by atoms with van der Waals surface area (Å²) in [6.45, 7) is 3.93. The van der Waals surface area contributed by atoms with E-state index < -0.39 is 11.8 Å². The summed E-state index contributed by atoms with van der Waals surface area (Å²) in [5.41, 5.74) is 3.26. The molecule has 0 spiro atoms. The molecule has 0 atom stereocenters. The number of carbonyl (C=O) groups is 2. The molecule has 3 aromatic rings. The van der Waals surface area contributed by atoms with Gasteiger partial charge in [0.1, 0.15) is 11.5 Å². The average molecular weight is 360 g/mol. The normalized spacial score (nSPS) is 10.1. The Morgan fingerprint density at radius 2 is 1.22 bits per heavy atom. The van der Waals surface area contributed by atoms with Crippen LogP contribution in [-0.4, -0.2) is 11.8 Å². The third kappa shape index (κ3) is 4.95. The third-order valence-corrected chi connectivity index (χ3v) is 4.06. The lowest BCUT2D eigenvalue weighted by atomic mass is 10.1. The monoisotopic (exact) mass is 360 g/mol. The molecule has 0 aromatic heterocycles. The van der Waals surface area contributed by atoms with Gasteiger partial charge >= 0.3 is 11.8 Å². The van der Waals surface area contributed by atoms with Gasteiger partial charge in [0.25, 0.3) is 0 Å². The summed E-state index contributed by atoms with van der Waals surface area (Å²) >= 11 is 0. The van der Waals surface area contributed by atoms with Crippen LogP contribution in [0.25, 0.3) is 0 Å². The fourth-order valence-electron chi connectivity index (χ4n) is 2.43. The number of carbonyl (C=O) groups excluding carboxylic acids is 2. The first-order valence-electron chi connectivity index (χ1n) is 8.54. The van der Waals surface area contributed by atoms with Crippen LogP contribution >= 0.6 is 0 Å². The van der Waals surface area contributed by atoms with Crippen LogP contribution in [0.15, 0.2) is 72.8 Å². The van der Waals surface area contributed by atoms with Crippen LogP contribution in [0.4, 0.5) is 11.4 Å². The molecule has 136 valence electrons. The van der Waals surface area contributed by atoms with E-state index in [0.29, 0.717) is 17.1 Å². The summed E-state index contributed by atoms with van der Waals surface area (Å²) < 4.78 is 5.69. The minimum atomic E-state index is -0.732. The summed E-state index contributed by atoms with van der Waals surface area (Å²) in [4.78, 5) is 24.2. The molecule has 0 heterocycles. The lowest BCUT2D eigenvalue weighted by Crippen LogP contribution is -2.29. The molecule has 5 nitrogen and oxygen atoms in total. The summed E-state index contributed by atoms with van der Waals surface area (Å²) in [5, 5.41) is 5.17. The van der Waals surface area contributed by atoms with Crippen molar-refractivity contribution in [3.8, 4) is 11.5 Å². The number of hydrogen-bond acceptors (Lipinski definition) is 3. The summed E-state index contributed by atoms with van der Waals surface area (Å²) in [6.07, 6.45) is 0. The molecule has 0 aliphatic heterocycles.